The van der Waals surface area contributed by atoms with Gasteiger partial charge in [-0.1, -0.05) is 17.7 Å². The van der Waals surface area contributed by atoms with Gasteiger partial charge in [-0.3, -0.25) is 0 Å². The molecule has 1 aromatic rings. The fourth-order valence-corrected chi connectivity index (χ4v) is 1.61. The molecule has 0 aromatic heterocycles. The van der Waals surface area contributed by atoms with Crippen molar-refractivity contribution in [2.24, 2.45) is 5.73 Å². The highest BCUT2D eigenvalue weighted by atomic mass is 35.5. The molecule has 0 saturated carbocycles. The Labute approximate surface area is 94.2 Å². The van der Waals surface area contributed by atoms with Crippen LogP contribution in [0, 0.1) is 5.82 Å². The summed E-state index contributed by atoms with van der Waals surface area (Å²) in [6.07, 6.45) is 0.551. The molecule has 0 spiro atoms. The molecule has 0 saturated heterocycles. The highest BCUT2D eigenvalue weighted by molar-refractivity contribution is 6.30. The zero-order chi connectivity index (χ0) is 11.5. The standard InChI is InChI=1S/C11H15ClFNO/c1-11(14,7-15-2)6-8-3-4-9(12)10(13)5-8/h3-5H,6-7,14H2,1-2H3. The maximum absolute atomic E-state index is 13.1. The number of benzene rings is 1. The van der Waals surface area contributed by atoms with Crippen LogP contribution in [0.4, 0.5) is 4.39 Å². The molecule has 1 atom stereocenters. The summed E-state index contributed by atoms with van der Waals surface area (Å²) in [6.45, 7) is 2.29. The van der Waals surface area contributed by atoms with Crippen LogP contribution in [0.1, 0.15) is 12.5 Å². The molecule has 2 nitrogen and oxygen atoms in total. The lowest BCUT2D eigenvalue weighted by Gasteiger charge is -2.23. The summed E-state index contributed by atoms with van der Waals surface area (Å²) >= 11 is 5.58. The molecular formula is C11H15ClFNO. The predicted octanol–water partition coefficient (Wildman–Crippen LogP) is 2.39. The van der Waals surface area contributed by atoms with Gasteiger partial charge in [0.25, 0.3) is 0 Å². The lowest BCUT2D eigenvalue weighted by molar-refractivity contribution is 0.141. The molecule has 0 heterocycles. The van der Waals surface area contributed by atoms with E-state index in [9.17, 15) is 4.39 Å². The van der Waals surface area contributed by atoms with Crippen molar-refractivity contribution in [3.05, 3.63) is 34.6 Å². The minimum atomic E-state index is -0.491. The highest BCUT2D eigenvalue weighted by Crippen LogP contribution is 2.18. The number of halogens is 2. The Morgan fingerprint density at radius 1 is 1.53 bits per heavy atom. The molecule has 84 valence electrons. The SMILES string of the molecule is COCC(C)(N)Cc1ccc(Cl)c(F)c1. The zero-order valence-corrected chi connectivity index (χ0v) is 9.64. The molecule has 1 aromatic carbocycles. The van der Waals surface area contributed by atoms with Crippen molar-refractivity contribution in [3.8, 4) is 0 Å². The third-order valence-corrected chi connectivity index (χ3v) is 2.37. The van der Waals surface area contributed by atoms with Crippen molar-refractivity contribution >= 4 is 11.6 Å². The number of methoxy groups -OCH3 is 1. The van der Waals surface area contributed by atoms with Gasteiger partial charge in [0.15, 0.2) is 0 Å². The summed E-state index contributed by atoms with van der Waals surface area (Å²) in [7, 11) is 1.59. The Morgan fingerprint density at radius 2 is 2.20 bits per heavy atom. The quantitative estimate of drug-likeness (QED) is 0.864. The van der Waals surface area contributed by atoms with E-state index in [1.54, 1.807) is 13.2 Å². The number of hydrogen-bond donors (Lipinski definition) is 1. The van der Waals surface area contributed by atoms with Crippen molar-refractivity contribution in [2.75, 3.05) is 13.7 Å². The number of nitrogens with two attached hydrogens (primary N) is 1. The van der Waals surface area contributed by atoms with Gasteiger partial charge < -0.3 is 10.5 Å². The number of hydrogen-bond acceptors (Lipinski definition) is 2. The smallest absolute Gasteiger partial charge is 0.142 e. The lowest BCUT2D eigenvalue weighted by atomic mass is 9.95. The molecule has 0 radical (unpaired) electrons. The predicted molar refractivity (Wildman–Crippen MR) is 59.6 cm³/mol. The molecule has 1 rings (SSSR count). The van der Waals surface area contributed by atoms with E-state index in [4.69, 9.17) is 22.1 Å². The van der Waals surface area contributed by atoms with E-state index < -0.39 is 11.4 Å². The second-order valence-corrected chi connectivity index (χ2v) is 4.42. The molecule has 0 aliphatic heterocycles. The molecule has 0 aliphatic carbocycles. The van der Waals surface area contributed by atoms with Gasteiger partial charge in [-0.15, -0.1) is 0 Å². The van der Waals surface area contributed by atoms with Crippen molar-refractivity contribution in [3.63, 3.8) is 0 Å². The van der Waals surface area contributed by atoms with Crippen LogP contribution in [0.25, 0.3) is 0 Å². The minimum Gasteiger partial charge on any atom is -0.383 e. The van der Waals surface area contributed by atoms with Gasteiger partial charge in [-0.25, -0.2) is 4.39 Å². The van der Waals surface area contributed by atoms with Gasteiger partial charge in [0.1, 0.15) is 5.82 Å². The average Bonchev–Trinajstić information content (AvgIpc) is 2.10. The van der Waals surface area contributed by atoms with Gasteiger partial charge in [0.2, 0.25) is 0 Å². The molecular weight excluding hydrogens is 217 g/mol. The topological polar surface area (TPSA) is 35.2 Å². The van der Waals surface area contributed by atoms with Crippen LogP contribution in [-0.2, 0) is 11.2 Å². The van der Waals surface area contributed by atoms with E-state index in [1.807, 2.05) is 6.92 Å². The van der Waals surface area contributed by atoms with Crippen LogP contribution >= 0.6 is 11.6 Å². The summed E-state index contributed by atoms with van der Waals surface area (Å²) in [5, 5.41) is 0.129. The first-order valence-corrected chi connectivity index (χ1v) is 5.04. The molecule has 15 heavy (non-hydrogen) atoms. The Bertz CT molecular complexity index is 341. The Balaban J connectivity index is 2.76. The Kier molecular flexibility index (Phi) is 4.08. The summed E-state index contributed by atoms with van der Waals surface area (Å²) in [6, 6.07) is 4.71. The van der Waals surface area contributed by atoms with Crippen LogP contribution < -0.4 is 5.73 Å². The van der Waals surface area contributed by atoms with Crippen LogP contribution in [-0.4, -0.2) is 19.3 Å². The first-order chi connectivity index (χ1) is 6.94. The average molecular weight is 232 g/mol. The molecule has 0 aliphatic rings. The number of rotatable bonds is 4. The van der Waals surface area contributed by atoms with E-state index >= 15 is 0 Å². The fraction of sp³-hybridized carbons (Fsp3) is 0.455. The first kappa shape index (κ1) is 12.4. The largest absolute Gasteiger partial charge is 0.383 e. The summed E-state index contributed by atoms with van der Waals surface area (Å²) in [5.74, 6) is -0.414. The molecule has 0 amide bonds. The van der Waals surface area contributed by atoms with Crippen molar-refractivity contribution < 1.29 is 9.13 Å². The summed E-state index contributed by atoms with van der Waals surface area (Å²) in [4.78, 5) is 0. The molecule has 0 fully saturated rings. The van der Waals surface area contributed by atoms with Gasteiger partial charge in [0.05, 0.1) is 11.6 Å². The van der Waals surface area contributed by atoms with E-state index in [-0.39, 0.29) is 5.02 Å². The van der Waals surface area contributed by atoms with Crippen LogP contribution in [0.15, 0.2) is 18.2 Å². The van der Waals surface area contributed by atoms with E-state index in [0.717, 1.165) is 5.56 Å². The molecule has 4 heteroatoms. The second-order valence-electron chi connectivity index (χ2n) is 4.01. The Morgan fingerprint density at radius 3 is 2.73 bits per heavy atom. The van der Waals surface area contributed by atoms with E-state index in [2.05, 4.69) is 0 Å². The third-order valence-electron chi connectivity index (χ3n) is 2.07. The maximum Gasteiger partial charge on any atom is 0.142 e. The van der Waals surface area contributed by atoms with Gasteiger partial charge in [-0.05, 0) is 31.0 Å². The monoisotopic (exact) mass is 231 g/mol. The normalized spacial score (nSPS) is 15.0. The molecule has 0 bridgehead atoms. The molecule has 1 unspecified atom stereocenters. The zero-order valence-electron chi connectivity index (χ0n) is 8.89. The Hall–Kier alpha value is -0.640. The van der Waals surface area contributed by atoms with Crippen LogP contribution in [0.5, 0.6) is 0 Å². The first-order valence-electron chi connectivity index (χ1n) is 4.66. The van der Waals surface area contributed by atoms with Gasteiger partial charge in [-0.2, -0.15) is 0 Å². The van der Waals surface area contributed by atoms with E-state index in [1.165, 1.54) is 12.1 Å². The van der Waals surface area contributed by atoms with E-state index in [0.29, 0.717) is 13.0 Å². The summed E-state index contributed by atoms with van der Waals surface area (Å²) < 4.78 is 18.1. The van der Waals surface area contributed by atoms with Crippen LogP contribution in [0.3, 0.4) is 0 Å². The number of ether oxygens (including phenoxy) is 1. The molecule has 2 N–H and O–H groups in total. The second kappa shape index (κ2) is 4.92. The summed E-state index contributed by atoms with van der Waals surface area (Å²) in [5.41, 5.74) is 6.29. The van der Waals surface area contributed by atoms with Crippen molar-refractivity contribution in [1.29, 1.82) is 0 Å². The lowest BCUT2D eigenvalue weighted by Crippen LogP contribution is -2.43. The van der Waals surface area contributed by atoms with Gasteiger partial charge >= 0.3 is 0 Å². The fourth-order valence-electron chi connectivity index (χ4n) is 1.50. The minimum absolute atomic E-state index is 0.129. The van der Waals surface area contributed by atoms with Crippen molar-refractivity contribution in [1.82, 2.24) is 0 Å². The van der Waals surface area contributed by atoms with Crippen molar-refractivity contribution in [2.45, 2.75) is 18.9 Å². The third kappa shape index (κ3) is 3.78. The highest BCUT2D eigenvalue weighted by Gasteiger charge is 2.19. The maximum atomic E-state index is 13.1. The van der Waals surface area contributed by atoms with Gasteiger partial charge in [0, 0.05) is 12.6 Å². The van der Waals surface area contributed by atoms with Crippen LogP contribution in [0.2, 0.25) is 5.02 Å².